The predicted molar refractivity (Wildman–Crippen MR) is 215 cm³/mol. The minimum Gasteiger partial charge on any atom is -0.465 e. The van der Waals surface area contributed by atoms with Crippen LogP contribution in [0.5, 0.6) is 0 Å². The van der Waals surface area contributed by atoms with Crippen molar-refractivity contribution in [1.29, 1.82) is 0 Å². The Morgan fingerprint density at radius 3 is 2.30 bits per heavy atom. The molecule has 3 aromatic carbocycles. The van der Waals surface area contributed by atoms with Gasteiger partial charge >= 0.3 is 12.0 Å². The number of hydrogen-bond acceptors (Lipinski definition) is 8. The molecule has 4 N–H and O–H groups in total. The number of likely N-dealkylation sites (tertiary alicyclic amines) is 1. The number of carbonyl (C=O) groups is 3. The molecule has 56 heavy (non-hydrogen) atoms. The third kappa shape index (κ3) is 10.4. The van der Waals surface area contributed by atoms with Crippen LogP contribution in [0.2, 0.25) is 0 Å². The highest BCUT2D eigenvalue weighted by Crippen LogP contribution is 2.44. The summed E-state index contributed by atoms with van der Waals surface area (Å²) in [4.78, 5) is 40.5. The van der Waals surface area contributed by atoms with E-state index in [1.54, 1.807) is 6.92 Å². The van der Waals surface area contributed by atoms with Gasteiger partial charge < -0.3 is 35.3 Å². The van der Waals surface area contributed by atoms with Crippen molar-refractivity contribution in [3.05, 3.63) is 95.1 Å². The molecule has 2 aliphatic heterocycles. The van der Waals surface area contributed by atoms with Gasteiger partial charge in [-0.3, -0.25) is 14.5 Å². The number of urea groups is 1. The number of esters is 1. The van der Waals surface area contributed by atoms with E-state index in [4.69, 9.17) is 14.2 Å². The number of nitrogens with zero attached hydrogens (tertiary/aromatic N) is 1. The van der Waals surface area contributed by atoms with Crippen molar-refractivity contribution in [2.24, 2.45) is 11.8 Å². The lowest BCUT2D eigenvalue weighted by Crippen LogP contribution is -2.61. The van der Waals surface area contributed by atoms with Gasteiger partial charge in [-0.2, -0.15) is 0 Å². The molecule has 6 rings (SSSR count). The lowest BCUT2D eigenvalue weighted by atomic mass is 9.75. The standard InChI is InChI=1S/C45H60N4O7/c1-6-54-40(51)26-47-44(53)46-25-35-12-7-9-13-36(35)31-19-21-34(22-20-31)43-55-39(29(2)41(56-43)33-17-15-30(28-50)16-18-33)27-49-37-14-10-8-11-32(37)23-24-38(49)42(52)48-45(3,4)5/h7,9,12-13,15-22,29,32,37-39,41,43,50H,6,8,10-11,14,23-28H2,1-5H3,(H,48,52)(H2,46,47,53)/t29-,32-,37-,38-,39+,41+,43+/m1/s1. The van der Waals surface area contributed by atoms with E-state index in [2.05, 4.69) is 27.8 Å². The number of aliphatic hydroxyl groups is 1. The third-order valence-corrected chi connectivity index (χ3v) is 11.5. The van der Waals surface area contributed by atoms with Gasteiger partial charge in [-0.15, -0.1) is 0 Å². The number of aliphatic hydroxyl groups excluding tert-OH is 1. The second kappa shape index (κ2) is 18.8. The Morgan fingerprint density at radius 2 is 1.59 bits per heavy atom. The summed E-state index contributed by atoms with van der Waals surface area (Å²) in [5, 5.41) is 18.4. The van der Waals surface area contributed by atoms with Gasteiger partial charge in [0, 0.05) is 36.2 Å². The Morgan fingerprint density at radius 1 is 0.875 bits per heavy atom. The van der Waals surface area contributed by atoms with E-state index in [9.17, 15) is 19.5 Å². The molecule has 3 aliphatic rings. The first-order valence-corrected chi connectivity index (χ1v) is 20.4. The zero-order valence-corrected chi connectivity index (χ0v) is 33.6. The fourth-order valence-corrected chi connectivity index (χ4v) is 8.64. The summed E-state index contributed by atoms with van der Waals surface area (Å²) in [6.07, 6.45) is 5.48. The molecule has 3 aromatic rings. The fourth-order valence-electron chi connectivity index (χ4n) is 8.64. The molecule has 3 fully saturated rings. The molecular formula is C45H60N4O7. The summed E-state index contributed by atoms with van der Waals surface area (Å²) >= 11 is 0. The maximum atomic E-state index is 13.9. The van der Waals surface area contributed by atoms with Crippen LogP contribution in [-0.2, 0) is 37.0 Å². The minimum atomic E-state index is -0.651. The van der Waals surface area contributed by atoms with Crippen molar-refractivity contribution >= 4 is 17.9 Å². The first kappa shape index (κ1) is 41.3. The summed E-state index contributed by atoms with van der Waals surface area (Å²) in [7, 11) is 0. The molecule has 0 radical (unpaired) electrons. The number of rotatable bonds is 12. The first-order valence-electron chi connectivity index (χ1n) is 20.4. The van der Waals surface area contributed by atoms with Crippen LogP contribution in [0.25, 0.3) is 11.1 Å². The number of carbonyl (C=O) groups excluding carboxylic acids is 3. The predicted octanol–water partition coefficient (Wildman–Crippen LogP) is 6.94. The van der Waals surface area contributed by atoms with E-state index in [1.807, 2.05) is 93.6 Å². The number of amides is 3. The van der Waals surface area contributed by atoms with Crippen molar-refractivity contribution in [3.63, 3.8) is 0 Å². The quantitative estimate of drug-likeness (QED) is 0.146. The number of benzene rings is 3. The number of fused-ring (bicyclic) bond motifs is 1. The monoisotopic (exact) mass is 768 g/mol. The summed E-state index contributed by atoms with van der Waals surface area (Å²) in [6, 6.07) is 23.7. The van der Waals surface area contributed by atoms with Gasteiger partial charge in [-0.25, -0.2) is 4.79 Å². The third-order valence-electron chi connectivity index (χ3n) is 11.5. The van der Waals surface area contributed by atoms with E-state index < -0.39 is 18.3 Å². The van der Waals surface area contributed by atoms with Gasteiger partial charge in [-0.1, -0.05) is 92.6 Å². The van der Waals surface area contributed by atoms with E-state index in [0.717, 1.165) is 52.6 Å². The van der Waals surface area contributed by atoms with Gasteiger partial charge in [0.25, 0.3) is 0 Å². The summed E-state index contributed by atoms with van der Waals surface area (Å²) < 4.78 is 18.7. The molecule has 0 unspecified atom stereocenters. The van der Waals surface area contributed by atoms with Crippen molar-refractivity contribution in [1.82, 2.24) is 20.9 Å². The fraction of sp³-hybridized carbons (Fsp3) is 0.533. The average molecular weight is 769 g/mol. The lowest BCUT2D eigenvalue weighted by Gasteiger charge is -2.51. The lowest BCUT2D eigenvalue weighted by molar-refractivity contribution is -0.278. The normalized spacial score (nSPS) is 25.4. The van der Waals surface area contributed by atoms with E-state index in [-0.39, 0.29) is 61.9 Å². The second-order valence-electron chi connectivity index (χ2n) is 16.6. The van der Waals surface area contributed by atoms with Crippen molar-refractivity contribution < 1.29 is 33.7 Å². The molecule has 11 nitrogen and oxygen atoms in total. The van der Waals surface area contributed by atoms with E-state index in [0.29, 0.717) is 18.5 Å². The maximum absolute atomic E-state index is 13.9. The zero-order chi connectivity index (χ0) is 39.8. The molecule has 1 aliphatic carbocycles. The highest BCUT2D eigenvalue weighted by Gasteiger charge is 2.46. The van der Waals surface area contributed by atoms with Gasteiger partial charge in [0.15, 0.2) is 6.29 Å². The van der Waals surface area contributed by atoms with Crippen LogP contribution < -0.4 is 16.0 Å². The van der Waals surface area contributed by atoms with Crippen molar-refractivity contribution in [2.45, 2.75) is 122 Å². The van der Waals surface area contributed by atoms with E-state index >= 15 is 0 Å². The smallest absolute Gasteiger partial charge is 0.325 e. The molecule has 1 saturated carbocycles. The molecule has 0 bridgehead atoms. The SMILES string of the molecule is CCOC(=O)CNC(=O)NCc1ccccc1-c1ccc([C@H]2O[C@@H](CN3[C@@H](C(=O)NC(C)(C)C)CC[C@H]4CCCC[C@H]43)[C@@H](C)[C@@H](c3ccc(CO)cc3)O2)cc1. The highest BCUT2D eigenvalue weighted by atomic mass is 16.7. The molecule has 302 valence electrons. The molecule has 0 spiro atoms. The molecule has 11 heteroatoms. The largest absolute Gasteiger partial charge is 0.465 e. The molecular weight excluding hydrogens is 709 g/mol. The molecule has 3 amide bonds. The average Bonchev–Trinajstić information content (AvgIpc) is 3.19. The maximum Gasteiger partial charge on any atom is 0.325 e. The van der Waals surface area contributed by atoms with Gasteiger partial charge in [0.2, 0.25) is 5.91 Å². The Kier molecular flexibility index (Phi) is 13.9. The number of nitrogens with one attached hydrogen (secondary N) is 3. The van der Waals surface area contributed by atoms with E-state index in [1.165, 1.54) is 19.3 Å². The second-order valence-corrected chi connectivity index (χ2v) is 16.6. The Bertz CT molecular complexity index is 1780. The minimum absolute atomic E-state index is 0.0188. The Balaban J connectivity index is 1.24. The van der Waals surface area contributed by atoms with Crippen LogP contribution in [0.4, 0.5) is 4.79 Å². The zero-order valence-electron chi connectivity index (χ0n) is 33.6. The molecule has 2 heterocycles. The Labute approximate surface area is 331 Å². The molecule has 0 aromatic heterocycles. The van der Waals surface area contributed by atoms with Crippen LogP contribution in [-0.4, -0.2) is 71.3 Å². The molecule has 7 atom stereocenters. The topological polar surface area (TPSA) is 138 Å². The summed E-state index contributed by atoms with van der Waals surface area (Å²) in [6.45, 7) is 10.9. The van der Waals surface area contributed by atoms with Crippen LogP contribution in [0, 0.1) is 11.8 Å². The van der Waals surface area contributed by atoms with Crippen LogP contribution in [0.1, 0.15) is 108 Å². The Hall–Kier alpha value is -4.29. The molecule has 2 saturated heterocycles. The van der Waals surface area contributed by atoms with Crippen molar-refractivity contribution in [3.8, 4) is 11.1 Å². The number of ether oxygens (including phenoxy) is 3. The summed E-state index contributed by atoms with van der Waals surface area (Å²) in [5.41, 5.74) is 5.28. The van der Waals surface area contributed by atoms with Crippen LogP contribution in [0.3, 0.4) is 0 Å². The number of hydrogen-bond donors (Lipinski definition) is 4. The van der Waals surface area contributed by atoms with Crippen LogP contribution in [0.15, 0.2) is 72.8 Å². The first-order chi connectivity index (χ1) is 26.9. The van der Waals surface area contributed by atoms with Crippen molar-refractivity contribution in [2.75, 3.05) is 19.7 Å². The van der Waals surface area contributed by atoms with Gasteiger partial charge in [0.1, 0.15) is 6.54 Å². The van der Waals surface area contributed by atoms with Gasteiger partial charge in [-0.05, 0) is 87.1 Å². The van der Waals surface area contributed by atoms with Crippen LogP contribution >= 0.6 is 0 Å². The number of piperidine rings is 1. The summed E-state index contributed by atoms with van der Waals surface area (Å²) in [5.74, 6) is 0.171. The highest BCUT2D eigenvalue weighted by molar-refractivity contribution is 5.82. The van der Waals surface area contributed by atoms with Gasteiger partial charge in [0.05, 0.1) is 31.5 Å².